The van der Waals surface area contributed by atoms with Crippen LogP contribution in [0, 0.1) is 0 Å². The zero-order chi connectivity index (χ0) is 19.6. The highest BCUT2D eigenvalue weighted by molar-refractivity contribution is 7.89. The van der Waals surface area contributed by atoms with Crippen LogP contribution in [0.4, 0.5) is 5.69 Å². The number of thiocarbonyl (C=S) groups is 1. The fourth-order valence-electron chi connectivity index (χ4n) is 2.67. The molecule has 2 aromatic rings. The van der Waals surface area contributed by atoms with Crippen molar-refractivity contribution in [3.63, 3.8) is 0 Å². The van der Waals surface area contributed by atoms with Crippen LogP contribution in [0.5, 0.6) is 0 Å². The molecular formula is C17H16Cl3N3O2S2. The second-order valence-corrected chi connectivity index (χ2v) is 9.50. The lowest BCUT2D eigenvalue weighted by Gasteiger charge is -2.35. The number of anilines is 1. The second-order valence-electron chi connectivity index (χ2n) is 5.90. The zero-order valence-corrected chi connectivity index (χ0v) is 17.9. The number of halogens is 3. The Balaban J connectivity index is 1.63. The Kier molecular flexibility index (Phi) is 6.50. The maximum atomic E-state index is 12.7. The number of sulfonamides is 1. The summed E-state index contributed by atoms with van der Waals surface area (Å²) in [6, 6.07) is 11.2. The highest BCUT2D eigenvalue weighted by Gasteiger charge is 2.29. The van der Waals surface area contributed by atoms with Crippen molar-refractivity contribution in [1.82, 2.24) is 9.21 Å². The summed E-state index contributed by atoms with van der Waals surface area (Å²) in [6.45, 7) is 1.60. The van der Waals surface area contributed by atoms with Crippen LogP contribution in [-0.2, 0) is 10.0 Å². The number of piperazine rings is 1. The van der Waals surface area contributed by atoms with E-state index in [4.69, 9.17) is 47.0 Å². The Labute approximate surface area is 178 Å². The maximum absolute atomic E-state index is 12.7. The van der Waals surface area contributed by atoms with Crippen molar-refractivity contribution in [2.75, 3.05) is 31.5 Å². The monoisotopic (exact) mass is 463 g/mol. The molecule has 1 fully saturated rings. The van der Waals surface area contributed by atoms with E-state index < -0.39 is 10.0 Å². The van der Waals surface area contributed by atoms with Gasteiger partial charge in [-0.2, -0.15) is 4.31 Å². The third-order valence-electron chi connectivity index (χ3n) is 4.15. The van der Waals surface area contributed by atoms with E-state index in [9.17, 15) is 8.42 Å². The first kappa shape index (κ1) is 20.6. The van der Waals surface area contributed by atoms with Crippen LogP contribution in [0.15, 0.2) is 47.4 Å². The molecule has 27 heavy (non-hydrogen) atoms. The Bertz CT molecular complexity index is 944. The molecule has 0 radical (unpaired) electrons. The van der Waals surface area contributed by atoms with Gasteiger partial charge in [-0.05, 0) is 54.7 Å². The largest absolute Gasteiger partial charge is 0.346 e. The molecule has 0 aromatic heterocycles. The molecule has 1 N–H and O–H groups in total. The van der Waals surface area contributed by atoms with Gasteiger partial charge in [0.15, 0.2) is 5.11 Å². The minimum Gasteiger partial charge on any atom is -0.346 e. The lowest BCUT2D eigenvalue weighted by atomic mass is 10.3. The Morgan fingerprint density at radius 3 is 2.15 bits per heavy atom. The number of nitrogens with zero attached hydrogens (tertiary/aromatic N) is 2. The highest BCUT2D eigenvalue weighted by Crippen LogP contribution is 2.26. The highest BCUT2D eigenvalue weighted by atomic mass is 35.5. The molecule has 0 saturated carbocycles. The van der Waals surface area contributed by atoms with Crippen LogP contribution in [0.2, 0.25) is 15.1 Å². The molecule has 10 heteroatoms. The Morgan fingerprint density at radius 2 is 1.52 bits per heavy atom. The normalized spacial score (nSPS) is 15.6. The van der Waals surface area contributed by atoms with Gasteiger partial charge in [-0.25, -0.2) is 8.42 Å². The van der Waals surface area contributed by atoms with Gasteiger partial charge in [0.25, 0.3) is 0 Å². The van der Waals surface area contributed by atoms with Gasteiger partial charge in [0.1, 0.15) is 0 Å². The van der Waals surface area contributed by atoms with E-state index in [2.05, 4.69) is 5.32 Å². The van der Waals surface area contributed by atoms with E-state index in [1.54, 1.807) is 30.3 Å². The predicted octanol–water partition coefficient (Wildman–Crippen LogP) is 4.35. The van der Waals surface area contributed by atoms with E-state index in [0.29, 0.717) is 52.0 Å². The fraction of sp³-hybridized carbons (Fsp3) is 0.235. The zero-order valence-electron chi connectivity index (χ0n) is 14.0. The Hall–Kier alpha value is -1.09. The SMILES string of the molecule is O=S(=O)(c1ccc(Cl)cc1)N1CCN(C(=S)Nc2cc(Cl)ccc2Cl)CC1. The molecule has 1 heterocycles. The topological polar surface area (TPSA) is 52.7 Å². The van der Waals surface area contributed by atoms with Crippen molar-refractivity contribution in [3.8, 4) is 0 Å². The van der Waals surface area contributed by atoms with Gasteiger partial charge in [-0.1, -0.05) is 34.8 Å². The average Bonchev–Trinajstić information content (AvgIpc) is 2.65. The lowest BCUT2D eigenvalue weighted by Crippen LogP contribution is -2.51. The fourth-order valence-corrected chi connectivity index (χ4v) is 4.85. The average molecular weight is 465 g/mol. The summed E-state index contributed by atoms with van der Waals surface area (Å²) in [5.74, 6) is 0. The summed E-state index contributed by atoms with van der Waals surface area (Å²) in [6.07, 6.45) is 0. The molecule has 0 atom stereocenters. The first-order valence-corrected chi connectivity index (χ1v) is 11.0. The molecule has 0 amide bonds. The van der Waals surface area contributed by atoms with Crippen molar-refractivity contribution in [1.29, 1.82) is 0 Å². The summed E-state index contributed by atoms with van der Waals surface area (Å²) >= 11 is 23.4. The smallest absolute Gasteiger partial charge is 0.243 e. The minimum absolute atomic E-state index is 0.228. The van der Waals surface area contributed by atoms with Crippen LogP contribution in [0.1, 0.15) is 0 Å². The number of hydrogen-bond donors (Lipinski definition) is 1. The van der Waals surface area contributed by atoms with Crippen LogP contribution < -0.4 is 5.32 Å². The van der Waals surface area contributed by atoms with Gasteiger partial charge in [0.05, 0.1) is 15.6 Å². The van der Waals surface area contributed by atoms with Gasteiger partial charge >= 0.3 is 0 Å². The molecule has 1 aliphatic heterocycles. The first-order valence-electron chi connectivity index (χ1n) is 8.04. The van der Waals surface area contributed by atoms with Gasteiger partial charge in [-0.15, -0.1) is 0 Å². The molecule has 0 spiro atoms. The predicted molar refractivity (Wildman–Crippen MR) is 114 cm³/mol. The molecule has 0 aliphatic carbocycles. The molecule has 5 nitrogen and oxygen atoms in total. The van der Waals surface area contributed by atoms with Crippen LogP contribution >= 0.6 is 47.0 Å². The van der Waals surface area contributed by atoms with Gasteiger partial charge < -0.3 is 10.2 Å². The molecule has 1 saturated heterocycles. The number of hydrogen-bond acceptors (Lipinski definition) is 3. The molecule has 2 aromatic carbocycles. The number of rotatable bonds is 3. The van der Waals surface area contributed by atoms with Gasteiger partial charge in [0, 0.05) is 36.2 Å². The van der Waals surface area contributed by atoms with E-state index in [1.165, 1.54) is 16.4 Å². The summed E-state index contributed by atoms with van der Waals surface area (Å²) in [5.41, 5.74) is 0.616. The van der Waals surface area contributed by atoms with Crippen molar-refractivity contribution < 1.29 is 8.42 Å². The van der Waals surface area contributed by atoms with E-state index >= 15 is 0 Å². The van der Waals surface area contributed by atoms with Gasteiger partial charge in [0.2, 0.25) is 10.0 Å². The molecule has 1 aliphatic rings. The van der Waals surface area contributed by atoms with Crippen molar-refractivity contribution in [3.05, 3.63) is 57.5 Å². The van der Waals surface area contributed by atoms with Crippen molar-refractivity contribution >= 4 is 67.8 Å². The first-order chi connectivity index (χ1) is 12.8. The molecule has 3 rings (SSSR count). The van der Waals surface area contributed by atoms with E-state index in [-0.39, 0.29) is 4.90 Å². The van der Waals surface area contributed by atoms with E-state index in [0.717, 1.165) is 0 Å². The molecule has 0 unspecified atom stereocenters. The lowest BCUT2D eigenvalue weighted by molar-refractivity contribution is 0.268. The van der Waals surface area contributed by atoms with Crippen LogP contribution in [-0.4, -0.2) is 48.9 Å². The third-order valence-corrected chi connectivity index (χ3v) is 7.24. The summed E-state index contributed by atoms with van der Waals surface area (Å²) in [5, 5.41) is 5.09. The summed E-state index contributed by atoms with van der Waals surface area (Å²) in [4.78, 5) is 2.13. The molecule has 0 bridgehead atoms. The maximum Gasteiger partial charge on any atom is 0.243 e. The summed E-state index contributed by atoms with van der Waals surface area (Å²) in [7, 11) is -3.55. The third kappa shape index (κ3) is 4.85. The molecule has 144 valence electrons. The summed E-state index contributed by atoms with van der Waals surface area (Å²) < 4.78 is 26.9. The van der Waals surface area contributed by atoms with Gasteiger partial charge in [-0.3, -0.25) is 0 Å². The second kappa shape index (κ2) is 8.51. The van der Waals surface area contributed by atoms with Crippen LogP contribution in [0.25, 0.3) is 0 Å². The quantitative estimate of drug-likeness (QED) is 0.684. The van der Waals surface area contributed by atoms with Crippen molar-refractivity contribution in [2.45, 2.75) is 4.90 Å². The molecular weight excluding hydrogens is 449 g/mol. The van der Waals surface area contributed by atoms with E-state index in [1.807, 2.05) is 4.90 Å². The van der Waals surface area contributed by atoms with Crippen LogP contribution in [0.3, 0.4) is 0 Å². The minimum atomic E-state index is -3.55. The Morgan fingerprint density at radius 1 is 0.926 bits per heavy atom. The number of nitrogens with one attached hydrogen (secondary N) is 1. The number of benzene rings is 2. The standard InChI is InChI=1S/C17H16Cl3N3O2S2/c18-12-1-4-14(5-2-12)27(24,25)23-9-7-22(8-10-23)17(26)21-16-11-13(19)3-6-15(16)20/h1-6,11H,7-10H2,(H,21,26). The van der Waals surface area contributed by atoms with Crippen molar-refractivity contribution in [2.24, 2.45) is 0 Å².